The predicted octanol–water partition coefficient (Wildman–Crippen LogP) is 4.16. The molecule has 1 heteroatoms. The zero-order valence-corrected chi connectivity index (χ0v) is 9.81. The topological polar surface area (TPSA) is 0 Å². The molecule has 1 aromatic carbocycles. The zero-order valence-electron chi connectivity index (χ0n) is 8.99. The summed E-state index contributed by atoms with van der Waals surface area (Å²) in [5, 5.41) is 0. The standard InChI is InChI=1S/C13H18S/c1-4-7-12-8-5-6-9-13(12)14-10-11(2)3/h4-6,8-9,11H,1,7,10H2,2-3H3. The number of hydrogen-bond acceptors (Lipinski definition) is 1. The summed E-state index contributed by atoms with van der Waals surface area (Å²) in [7, 11) is 0. The summed E-state index contributed by atoms with van der Waals surface area (Å²) in [5.41, 5.74) is 1.40. The minimum Gasteiger partial charge on any atom is -0.126 e. The van der Waals surface area contributed by atoms with Gasteiger partial charge in [0.1, 0.15) is 0 Å². The molecule has 0 saturated heterocycles. The molecule has 0 N–H and O–H groups in total. The largest absolute Gasteiger partial charge is 0.126 e. The molecule has 0 aromatic heterocycles. The van der Waals surface area contributed by atoms with Crippen molar-refractivity contribution in [2.75, 3.05) is 5.75 Å². The Labute approximate surface area is 91.4 Å². The van der Waals surface area contributed by atoms with E-state index in [9.17, 15) is 0 Å². The van der Waals surface area contributed by atoms with Crippen LogP contribution in [0.3, 0.4) is 0 Å². The third kappa shape index (κ3) is 3.59. The Kier molecular flexibility index (Phi) is 4.81. The van der Waals surface area contributed by atoms with Gasteiger partial charge < -0.3 is 0 Å². The molecule has 14 heavy (non-hydrogen) atoms. The van der Waals surface area contributed by atoms with Crippen LogP contribution in [0.25, 0.3) is 0 Å². The summed E-state index contributed by atoms with van der Waals surface area (Å²) in [5.74, 6) is 1.94. The lowest BCUT2D eigenvalue weighted by Crippen LogP contribution is -1.92. The van der Waals surface area contributed by atoms with E-state index in [4.69, 9.17) is 0 Å². The van der Waals surface area contributed by atoms with Gasteiger partial charge in [0, 0.05) is 10.6 Å². The summed E-state index contributed by atoms with van der Waals surface area (Å²) in [4.78, 5) is 1.40. The summed E-state index contributed by atoms with van der Waals surface area (Å²) in [6.45, 7) is 8.29. The molecule has 0 atom stereocenters. The highest BCUT2D eigenvalue weighted by atomic mass is 32.2. The fourth-order valence-corrected chi connectivity index (χ4v) is 2.25. The third-order valence-corrected chi connectivity index (χ3v) is 3.45. The van der Waals surface area contributed by atoms with E-state index < -0.39 is 0 Å². The number of rotatable bonds is 5. The molecule has 0 heterocycles. The molecule has 0 aliphatic carbocycles. The summed E-state index contributed by atoms with van der Waals surface area (Å²) in [6.07, 6.45) is 2.94. The predicted molar refractivity (Wildman–Crippen MR) is 65.9 cm³/mol. The first-order valence-corrected chi connectivity index (χ1v) is 6.04. The molecule has 1 aromatic rings. The monoisotopic (exact) mass is 206 g/mol. The van der Waals surface area contributed by atoms with E-state index in [1.165, 1.54) is 16.2 Å². The number of thioether (sulfide) groups is 1. The van der Waals surface area contributed by atoms with Crippen molar-refractivity contribution in [3.8, 4) is 0 Å². The van der Waals surface area contributed by atoms with E-state index in [1.54, 1.807) is 0 Å². The van der Waals surface area contributed by atoms with E-state index >= 15 is 0 Å². The van der Waals surface area contributed by atoms with Crippen LogP contribution in [0.15, 0.2) is 41.8 Å². The Bertz CT molecular complexity index is 289. The van der Waals surface area contributed by atoms with Crippen LogP contribution in [0.2, 0.25) is 0 Å². The van der Waals surface area contributed by atoms with Crippen LogP contribution in [0.4, 0.5) is 0 Å². The second-order valence-corrected chi connectivity index (χ2v) is 4.87. The van der Waals surface area contributed by atoms with Gasteiger partial charge in [-0.1, -0.05) is 38.1 Å². The molecule has 76 valence electrons. The lowest BCUT2D eigenvalue weighted by Gasteiger charge is -2.08. The Morgan fingerprint density at radius 2 is 2.07 bits per heavy atom. The second-order valence-electron chi connectivity index (χ2n) is 3.81. The van der Waals surface area contributed by atoms with Gasteiger partial charge in [-0.25, -0.2) is 0 Å². The van der Waals surface area contributed by atoms with Gasteiger partial charge >= 0.3 is 0 Å². The summed E-state index contributed by atoms with van der Waals surface area (Å²) >= 11 is 1.95. The maximum Gasteiger partial charge on any atom is 0.0107 e. The summed E-state index contributed by atoms with van der Waals surface area (Å²) < 4.78 is 0. The van der Waals surface area contributed by atoms with Crippen LogP contribution in [-0.2, 0) is 6.42 Å². The molecule has 0 nitrogen and oxygen atoms in total. The van der Waals surface area contributed by atoms with Gasteiger partial charge in [-0.2, -0.15) is 0 Å². The normalized spacial score (nSPS) is 10.5. The Hall–Kier alpha value is -0.690. The zero-order chi connectivity index (χ0) is 10.4. The first kappa shape index (κ1) is 11.4. The highest BCUT2D eigenvalue weighted by Gasteiger charge is 2.01. The highest BCUT2D eigenvalue weighted by Crippen LogP contribution is 2.24. The SMILES string of the molecule is C=CCc1ccccc1SCC(C)C. The van der Waals surface area contributed by atoms with Gasteiger partial charge in [-0.3, -0.25) is 0 Å². The maximum absolute atomic E-state index is 3.78. The molecule has 0 aliphatic rings. The van der Waals surface area contributed by atoms with E-state index in [1.807, 2.05) is 17.8 Å². The lowest BCUT2D eigenvalue weighted by atomic mass is 10.1. The maximum atomic E-state index is 3.78. The van der Waals surface area contributed by atoms with Crippen LogP contribution in [0.5, 0.6) is 0 Å². The Morgan fingerprint density at radius 3 is 2.71 bits per heavy atom. The smallest absolute Gasteiger partial charge is 0.0107 e. The Morgan fingerprint density at radius 1 is 1.36 bits per heavy atom. The highest BCUT2D eigenvalue weighted by molar-refractivity contribution is 7.99. The van der Waals surface area contributed by atoms with Crippen molar-refractivity contribution in [1.82, 2.24) is 0 Å². The molecule has 0 aliphatic heterocycles. The van der Waals surface area contributed by atoms with E-state index in [2.05, 4.69) is 44.7 Å². The van der Waals surface area contributed by atoms with Gasteiger partial charge in [-0.15, -0.1) is 18.3 Å². The lowest BCUT2D eigenvalue weighted by molar-refractivity contribution is 0.750. The second kappa shape index (κ2) is 5.92. The molecule has 0 spiro atoms. The molecular formula is C13H18S. The average molecular weight is 206 g/mol. The number of benzene rings is 1. The van der Waals surface area contributed by atoms with E-state index in [-0.39, 0.29) is 0 Å². The molecule has 0 unspecified atom stereocenters. The van der Waals surface area contributed by atoms with Crippen LogP contribution >= 0.6 is 11.8 Å². The van der Waals surface area contributed by atoms with E-state index in [0.29, 0.717) is 0 Å². The first-order valence-electron chi connectivity index (χ1n) is 5.05. The fourth-order valence-electron chi connectivity index (χ4n) is 1.23. The molecule has 1 rings (SSSR count). The minimum atomic E-state index is 0.747. The molecule has 0 saturated carbocycles. The molecule has 0 radical (unpaired) electrons. The molecular weight excluding hydrogens is 188 g/mol. The van der Waals surface area contributed by atoms with Crippen molar-refractivity contribution in [3.63, 3.8) is 0 Å². The van der Waals surface area contributed by atoms with Gasteiger partial charge in [0.15, 0.2) is 0 Å². The van der Waals surface area contributed by atoms with Crippen molar-refractivity contribution >= 4 is 11.8 Å². The van der Waals surface area contributed by atoms with E-state index in [0.717, 1.165) is 12.3 Å². The van der Waals surface area contributed by atoms with Crippen LogP contribution in [-0.4, -0.2) is 5.75 Å². The van der Waals surface area contributed by atoms with Gasteiger partial charge in [-0.05, 0) is 24.0 Å². The third-order valence-electron chi connectivity index (χ3n) is 1.91. The van der Waals surface area contributed by atoms with Crippen LogP contribution in [0, 0.1) is 5.92 Å². The fraction of sp³-hybridized carbons (Fsp3) is 0.385. The van der Waals surface area contributed by atoms with Gasteiger partial charge in [0.25, 0.3) is 0 Å². The Balaban J connectivity index is 2.68. The van der Waals surface area contributed by atoms with Crippen molar-refractivity contribution in [1.29, 1.82) is 0 Å². The van der Waals surface area contributed by atoms with Crippen molar-refractivity contribution in [2.24, 2.45) is 5.92 Å². The van der Waals surface area contributed by atoms with Crippen LogP contribution in [0.1, 0.15) is 19.4 Å². The number of allylic oxidation sites excluding steroid dienone is 1. The molecule has 0 fully saturated rings. The van der Waals surface area contributed by atoms with Crippen molar-refractivity contribution in [2.45, 2.75) is 25.2 Å². The average Bonchev–Trinajstić information content (AvgIpc) is 2.17. The van der Waals surface area contributed by atoms with Gasteiger partial charge in [0.05, 0.1) is 0 Å². The summed E-state index contributed by atoms with van der Waals surface area (Å²) in [6, 6.07) is 8.59. The minimum absolute atomic E-state index is 0.747. The molecule has 0 bridgehead atoms. The molecule has 0 amide bonds. The van der Waals surface area contributed by atoms with Crippen LogP contribution < -0.4 is 0 Å². The van der Waals surface area contributed by atoms with Crippen molar-refractivity contribution < 1.29 is 0 Å². The first-order chi connectivity index (χ1) is 6.74. The van der Waals surface area contributed by atoms with Crippen molar-refractivity contribution in [3.05, 3.63) is 42.5 Å². The number of hydrogen-bond donors (Lipinski definition) is 0. The quantitative estimate of drug-likeness (QED) is 0.515. The van der Waals surface area contributed by atoms with Gasteiger partial charge in [0.2, 0.25) is 0 Å².